The third kappa shape index (κ3) is 4.55. The van der Waals surface area contributed by atoms with Crippen molar-refractivity contribution < 1.29 is 9.72 Å². The second kappa shape index (κ2) is 6.69. The van der Waals surface area contributed by atoms with Crippen LogP contribution in [0.3, 0.4) is 0 Å². The van der Waals surface area contributed by atoms with E-state index in [9.17, 15) is 14.9 Å². The molecular weight excluding hydrogens is 272 g/mol. The highest BCUT2D eigenvalue weighted by Crippen LogP contribution is 2.12. The van der Waals surface area contributed by atoms with Crippen LogP contribution >= 0.6 is 11.6 Å². The molecule has 0 radical (unpaired) electrons. The first-order valence-corrected chi connectivity index (χ1v) is 5.67. The zero-order valence-corrected chi connectivity index (χ0v) is 11.2. The summed E-state index contributed by atoms with van der Waals surface area (Å²) in [6.07, 6.45) is 2.82. The van der Waals surface area contributed by atoms with Crippen molar-refractivity contribution in [1.29, 1.82) is 0 Å². The number of carbonyl (C=O) groups is 1. The van der Waals surface area contributed by atoms with Gasteiger partial charge in [0.1, 0.15) is 5.15 Å². The lowest BCUT2D eigenvalue weighted by atomic mass is 10.3. The van der Waals surface area contributed by atoms with Gasteiger partial charge in [-0.15, -0.1) is 0 Å². The number of halogens is 1. The quantitative estimate of drug-likeness (QED) is 0.341. The molecule has 0 N–H and O–H groups in total. The molecule has 0 saturated carbocycles. The lowest BCUT2D eigenvalue weighted by Gasteiger charge is -2.24. The summed E-state index contributed by atoms with van der Waals surface area (Å²) in [6.45, 7) is 0.172. The molecule has 1 aromatic rings. The molecule has 1 aromatic heterocycles. The molecule has 19 heavy (non-hydrogen) atoms. The molecule has 1 heterocycles. The first-order valence-electron chi connectivity index (χ1n) is 5.29. The smallest absolute Gasteiger partial charge is 0.274 e. The van der Waals surface area contributed by atoms with Gasteiger partial charge in [-0.25, -0.2) is 4.98 Å². The van der Waals surface area contributed by atoms with Crippen LogP contribution in [0.5, 0.6) is 0 Å². The van der Waals surface area contributed by atoms with E-state index in [1.54, 1.807) is 26.2 Å². The summed E-state index contributed by atoms with van der Waals surface area (Å²) in [7, 11) is 3.23. The van der Waals surface area contributed by atoms with Crippen LogP contribution in [-0.2, 0) is 11.3 Å². The molecule has 0 spiro atoms. The minimum absolute atomic E-state index is 0.172. The van der Waals surface area contributed by atoms with Crippen molar-refractivity contribution in [2.45, 2.75) is 6.54 Å². The number of nitrogens with zero attached hydrogens (tertiary/aromatic N) is 4. The standard InChI is InChI=1S/C11H13ClN4O3/c1-14(2)11(7-16(18)19)15(8-17)6-9-3-4-10(12)13-5-9/h3-5,7-8H,6H2,1-2H3/b11-7-. The molecule has 0 saturated heterocycles. The second-order valence-corrected chi connectivity index (χ2v) is 4.28. The lowest BCUT2D eigenvalue weighted by Crippen LogP contribution is -2.30. The molecular formula is C11H13ClN4O3. The van der Waals surface area contributed by atoms with Crippen molar-refractivity contribution in [2.75, 3.05) is 14.1 Å². The van der Waals surface area contributed by atoms with E-state index in [4.69, 9.17) is 11.6 Å². The Balaban J connectivity index is 2.95. The Morgan fingerprint density at radius 3 is 2.63 bits per heavy atom. The summed E-state index contributed by atoms with van der Waals surface area (Å²) >= 11 is 5.66. The summed E-state index contributed by atoms with van der Waals surface area (Å²) in [5.41, 5.74) is 0.715. The van der Waals surface area contributed by atoms with Crippen molar-refractivity contribution in [3.05, 3.63) is 51.2 Å². The summed E-state index contributed by atoms with van der Waals surface area (Å²) in [5, 5.41) is 10.9. The van der Waals surface area contributed by atoms with Crippen molar-refractivity contribution in [2.24, 2.45) is 0 Å². The molecule has 0 aliphatic rings. The monoisotopic (exact) mass is 284 g/mol. The maximum absolute atomic E-state index is 11.1. The Morgan fingerprint density at radius 2 is 2.21 bits per heavy atom. The Morgan fingerprint density at radius 1 is 1.53 bits per heavy atom. The second-order valence-electron chi connectivity index (χ2n) is 3.89. The molecule has 8 heteroatoms. The fraction of sp³-hybridized carbons (Fsp3) is 0.273. The fourth-order valence-electron chi connectivity index (χ4n) is 1.41. The summed E-state index contributed by atoms with van der Waals surface area (Å²) < 4.78 is 0. The molecule has 0 bridgehead atoms. The normalized spacial score (nSPS) is 11.0. The van der Waals surface area contributed by atoms with Gasteiger partial charge in [-0.1, -0.05) is 17.7 Å². The Labute approximate surface area is 115 Å². The van der Waals surface area contributed by atoms with Crippen LogP contribution in [0.15, 0.2) is 30.4 Å². The maximum Gasteiger partial charge on any atom is 0.274 e. The van der Waals surface area contributed by atoms with E-state index < -0.39 is 4.92 Å². The number of aromatic nitrogens is 1. The molecule has 7 nitrogen and oxygen atoms in total. The molecule has 102 valence electrons. The first-order chi connectivity index (χ1) is 8.93. The van der Waals surface area contributed by atoms with Gasteiger partial charge in [0.2, 0.25) is 6.41 Å². The molecule has 0 fully saturated rings. The Hall–Kier alpha value is -2.15. The lowest BCUT2D eigenvalue weighted by molar-refractivity contribution is -0.405. The molecule has 1 amide bonds. The van der Waals surface area contributed by atoms with E-state index >= 15 is 0 Å². The van der Waals surface area contributed by atoms with E-state index in [-0.39, 0.29) is 12.4 Å². The Kier molecular flexibility index (Phi) is 5.25. The summed E-state index contributed by atoms with van der Waals surface area (Å²) in [4.78, 5) is 27.6. The minimum atomic E-state index is -0.605. The number of amides is 1. The SMILES string of the molecule is CN(C)/C(=C/[N+](=O)[O-])N(C=O)Cc1ccc(Cl)nc1. The van der Waals surface area contributed by atoms with E-state index in [0.29, 0.717) is 17.1 Å². The average molecular weight is 285 g/mol. The van der Waals surface area contributed by atoms with Gasteiger partial charge in [-0.05, 0) is 11.6 Å². The van der Waals surface area contributed by atoms with Gasteiger partial charge < -0.3 is 4.90 Å². The molecule has 0 unspecified atom stereocenters. The van der Waals surface area contributed by atoms with Crippen LogP contribution < -0.4 is 0 Å². The Bertz CT molecular complexity index is 487. The van der Waals surface area contributed by atoms with Crippen LogP contribution in [0.1, 0.15) is 5.56 Å². The number of hydrogen-bond donors (Lipinski definition) is 0. The minimum Gasteiger partial charge on any atom is -0.359 e. The van der Waals surface area contributed by atoms with E-state index in [1.165, 1.54) is 16.0 Å². The van der Waals surface area contributed by atoms with Gasteiger partial charge in [0.15, 0.2) is 5.82 Å². The van der Waals surface area contributed by atoms with Crippen molar-refractivity contribution in [1.82, 2.24) is 14.8 Å². The molecule has 0 aliphatic carbocycles. The highest BCUT2D eigenvalue weighted by molar-refractivity contribution is 6.29. The van der Waals surface area contributed by atoms with Gasteiger partial charge >= 0.3 is 0 Å². The number of carbonyl (C=O) groups excluding carboxylic acids is 1. The van der Waals surface area contributed by atoms with Gasteiger partial charge in [-0.2, -0.15) is 0 Å². The molecule has 0 aliphatic heterocycles. The predicted molar refractivity (Wildman–Crippen MR) is 69.6 cm³/mol. The van der Waals surface area contributed by atoms with E-state index in [0.717, 1.165) is 6.20 Å². The predicted octanol–water partition coefficient (Wildman–Crippen LogP) is 1.33. The highest BCUT2D eigenvalue weighted by atomic mass is 35.5. The number of hydrogen-bond acceptors (Lipinski definition) is 5. The third-order valence-electron chi connectivity index (χ3n) is 2.24. The van der Waals surface area contributed by atoms with Crippen LogP contribution in [0.4, 0.5) is 0 Å². The van der Waals surface area contributed by atoms with Crippen LogP contribution in [-0.4, -0.2) is 40.2 Å². The summed E-state index contributed by atoms with van der Waals surface area (Å²) in [5.74, 6) is 0.176. The summed E-state index contributed by atoms with van der Waals surface area (Å²) in [6, 6.07) is 3.29. The van der Waals surface area contributed by atoms with Crippen molar-refractivity contribution in [3.8, 4) is 0 Å². The zero-order chi connectivity index (χ0) is 14.4. The van der Waals surface area contributed by atoms with E-state index in [1.807, 2.05) is 0 Å². The van der Waals surface area contributed by atoms with Crippen LogP contribution in [0, 0.1) is 10.1 Å². The van der Waals surface area contributed by atoms with Gasteiger partial charge in [-0.3, -0.25) is 19.8 Å². The molecule has 0 atom stereocenters. The number of rotatable bonds is 6. The maximum atomic E-state index is 11.1. The van der Waals surface area contributed by atoms with Crippen LogP contribution in [0.2, 0.25) is 5.15 Å². The topological polar surface area (TPSA) is 79.6 Å². The van der Waals surface area contributed by atoms with Gasteiger partial charge in [0.25, 0.3) is 6.20 Å². The fourth-order valence-corrected chi connectivity index (χ4v) is 1.52. The molecule has 0 aromatic carbocycles. The van der Waals surface area contributed by atoms with Crippen molar-refractivity contribution >= 4 is 18.0 Å². The van der Waals surface area contributed by atoms with Gasteiger partial charge in [0, 0.05) is 20.3 Å². The third-order valence-corrected chi connectivity index (χ3v) is 2.47. The average Bonchev–Trinajstić information content (AvgIpc) is 2.35. The van der Waals surface area contributed by atoms with Gasteiger partial charge in [0.05, 0.1) is 11.5 Å². The number of nitro groups is 1. The number of pyridine rings is 1. The van der Waals surface area contributed by atoms with Crippen molar-refractivity contribution in [3.63, 3.8) is 0 Å². The highest BCUT2D eigenvalue weighted by Gasteiger charge is 2.15. The van der Waals surface area contributed by atoms with Crippen LogP contribution in [0.25, 0.3) is 0 Å². The van der Waals surface area contributed by atoms with E-state index in [2.05, 4.69) is 4.98 Å². The molecule has 1 rings (SSSR count). The largest absolute Gasteiger partial charge is 0.359 e. The first kappa shape index (κ1) is 14.9. The zero-order valence-electron chi connectivity index (χ0n) is 10.5.